The van der Waals surface area contributed by atoms with Gasteiger partial charge in [0.15, 0.2) is 0 Å². The number of halogens is 3. The Bertz CT molecular complexity index is 2550. The fraction of sp³-hybridized carbons (Fsp3) is 0.347. The van der Waals surface area contributed by atoms with Crippen molar-refractivity contribution in [3.63, 3.8) is 0 Å². The molecule has 0 saturated heterocycles. The summed E-state index contributed by atoms with van der Waals surface area (Å²) < 4.78 is 72.6. The zero-order chi connectivity index (χ0) is 42.9. The number of hydrogen-bond acceptors (Lipinski definition) is 6. The first-order valence-electron chi connectivity index (χ1n) is 21.2. The van der Waals surface area contributed by atoms with Crippen molar-refractivity contribution in [1.29, 1.82) is 0 Å². The van der Waals surface area contributed by atoms with Gasteiger partial charge < -0.3 is 9.73 Å². The molecule has 0 atom stereocenters. The summed E-state index contributed by atoms with van der Waals surface area (Å²) >= 11 is 0. The number of benzene rings is 5. The zero-order valence-electron chi connectivity index (χ0n) is 34.8. The molecule has 11 heteroatoms. The first-order valence-corrected chi connectivity index (χ1v) is 22.6. The lowest BCUT2D eigenvalue weighted by Gasteiger charge is -2.20. The quantitative estimate of drug-likeness (QED) is 0.0840. The van der Waals surface area contributed by atoms with Crippen LogP contribution >= 0.6 is 0 Å². The lowest BCUT2D eigenvalue weighted by Crippen LogP contribution is -2.40. The van der Waals surface area contributed by atoms with E-state index < -0.39 is 21.4 Å². The molecule has 4 aromatic rings. The van der Waals surface area contributed by atoms with Crippen LogP contribution in [0.4, 0.5) is 30.2 Å². The van der Waals surface area contributed by atoms with Crippen LogP contribution in [0.2, 0.25) is 0 Å². The van der Waals surface area contributed by atoms with E-state index in [1.165, 1.54) is 39.1 Å². The second kappa shape index (κ2) is 19.8. The van der Waals surface area contributed by atoms with E-state index in [-0.39, 0.29) is 11.1 Å². The number of carbonyl (C=O) groups is 1. The van der Waals surface area contributed by atoms with Gasteiger partial charge in [0, 0.05) is 45.6 Å². The third-order valence-electron chi connectivity index (χ3n) is 10.8. The minimum absolute atomic E-state index is 0.238. The summed E-state index contributed by atoms with van der Waals surface area (Å²) in [6, 6.07) is 30.0. The third-order valence-corrected chi connectivity index (χ3v) is 11.9. The highest BCUT2D eigenvalue weighted by Gasteiger charge is 2.47. The highest BCUT2D eigenvalue weighted by molar-refractivity contribution is 7.90. The van der Waals surface area contributed by atoms with Crippen molar-refractivity contribution in [1.82, 2.24) is 4.72 Å². The van der Waals surface area contributed by atoms with Crippen molar-refractivity contribution >= 4 is 44.0 Å². The topological polar surface area (TPSA) is 101 Å². The fourth-order valence-corrected chi connectivity index (χ4v) is 8.08. The van der Waals surface area contributed by atoms with Gasteiger partial charge in [-0.15, -0.1) is 0 Å². The first kappa shape index (κ1) is 44.1. The second-order valence-electron chi connectivity index (χ2n) is 15.3. The number of anilines is 2. The van der Waals surface area contributed by atoms with Crippen LogP contribution in [0.3, 0.4) is 0 Å². The second-order valence-corrected chi connectivity index (χ2v) is 17.0. The number of nitrogens with one attached hydrogen (secondary N) is 2. The minimum Gasteiger partial charge on any atom is -0.456 e. The van der Waals surface area contributed by atoms with Crippen LogP contribution in [0.15, 0.2) is 106 Å². The van der Waals surface area contributed by atoms with Crippen molar-refractivity contribution in [3.8, 4) is 22.5 Å². The standard InChI is InChI=1S/C49H54F3N3O4S/c1-5-9-17-33-21-15-22-34(18-10-6-2)46(33)53-37-27-29-41-43(31-37)59-44-32-38(54-47-35(19-11-7-3)23-16-24-36(47)20-12-8-4)28-30-42(44)45(41)39-25-13-14-26-40(39)48(56)55-60(57,58)49(50,51)52/h13-16,21-32,53H,5-12,17-20H2,1-4H3,(H,55,56). The van der Waals surface area contributed by atoms with Gasteiger partial charge in [0.25, 0.3) is 5.91 Å². The lowest BCUT2D eigenvalue weighted by atomic mass is 9.90. The van der Waals surface area contributed by atoms with Crippen LogP contribution in [0.25, 0.3) is 33.4 Å². The molecule has 0 fully saturated rings. The van der Waals surface area contributed by atoms with Gasteiger partial charge in [-0.2, -0.15) is 21.6 Å². The maximum Gasteiger partial charge on any atom is 0.516 e. The van der Waals surface area contributed by atoms with Crippen LogP contribution in [-0.2, 0) is 35.7 Å². The zero-order valence-corrected chi connectivity index (χ0v) is 35.7. The lowest BCUT2D eigenvalue weighted by molar-refractivity contribution is -0.0446. The van der Waals surface area contributed by atoms with Crippen LogP contribution < -0.4 is 15.4 Å². The van der Waals surface area contributed by atoms with Crippen molar-refractivity contribution in [3.05, 3.63) is 130 Å². The SMILES string of the molecule is CCCCc1cccc(CCCC)c1N=c1ccc2c(-c3ccccc3C(=O)NS(=O)(=O)C(F)(F)F)c3ccc(Nc4c(CCCC)cccc4CCCC)cc3oc-2c1. The minimum atomic E-state index is -5.98. The highest BCUT2D eigenvalue weighted by Crippen LogP contribution is 2.43. The normalized spacial score (nSPS) is 12.3. The summed E-state index contributed by atoms with van der Waals surface area (Å²) in [6.07, 6.45) is 12.0. The molecule has 1 aliphatic carbocycles. The van der Waals surface area contributed by atoms with Gasteiger partial charge in [-0.05, 0) is 110 Å². The number of sulfonamides is 1. The predicted octanol–water partition coefficient (Wildman–Crippen LogP) is 13.1. The molecule has 0 unspecified atom stereocenters. The number of nitrogens with zero attached hydrogens (tertiary/aromatic N) is 1. The monoisotopic (exact) mass is 837 g/mol. The third kappa shape index (κ3) is 10.1. The molecular formula is C49H54F3N3O4S. The van der Waals surface area contributed by atoms with Crippen molar-refractivity contribution in [2.75, 3.05) is 5.32 Å². The Morgan fingerprint density at radius 2 is 1.23 bits per heavy atom. The summed E-state index contributed by atoms with van der Waals surface area (Å²) in [5, 5.41) is 4.93. The van der Waals surface area contributed by atoms with E-state index in [2.05, 4.69) is 69.4 Å². The summed E-state index contributed by atoms with van der Waals surface area (Å²) in [6.45, 7) is 8.68. The number of alkyl halides is 3. The Morgan fingerprint density at radius 1 is 0.667 bits per heavy atom. The fourth-order valence-electron chi connectivity index (χ4n) is 7.61. The van der Waals surface area contributed by atoms with Crippen LogP contribution in [0.5, 0.6) is 0 Å². The van der Waals surface area contributed by atoms with E-state index in [1.807, 2.05) is 36.4 Å². The van der Waals surface area contributed by atoms with E-state index in [4.69, 9.17) is 9.41 Å². The number of aryl methyl sites for hydroxylation is 4. The molecule has 0 bridgehead atoms. The molecule has 4 aromatic carbocycles. The highest BCUT2D eigenvalue weighted by atomic mass is 32.2. The number of fused-ring (bicyclic) bond motifs is 2. The largest absolute Gasteiger partial charge is 0.516 e. The molecule has 1 amide bonds. The number of carbonyl (C=O) groups excluding carboxylic acids is 1. The van der Waals surface area contributed by atoms with Gasteiger partial charge in [0.05, 0.1) is 11.0 Å². The molecule has 0 aromatic heterocycles. The van der Waals surface area contributed by atoms with Crippen molar-refractivity contribution in [2.24, 2.45) is 4.99 Å². The van der Waals surface area contributed by atoms with Gasteiger partial charge in [-0.1, -0.05) is 108 Å². The average Bonchev–Trinajstić information content (AvgIpc) is 3.23. The Morgan fingerprint density at radius 3 is 1.82 bits per heavy atom. The number of rotatable bonds is 18. The summed E-state index contributed by atoms with van der Waals surface area (Å²) in [5.41, 5.74) is 3.39. The molecule has 1 aliphatic heterocycles. The van der Waals surface area contributed by atoms with Crippen molar-refractivity contribution < 1.29 is 30.8 Å². The van der Waals surface area contributed by atoms with Gasteiger partial charge in [0.1, 0.15) is 11.3 Å². The van der Waals surface area contributed by atoms with Crippen LogP contribution in [0, 0.1) is 0 Å². The van der Waals surface area contributed by atoms with Gasteiger partial charge in [0.2, 0.25) is 0 Å². The summed E-state index contributed by atoms with van der Waals surface area (Å²) in [7, 11) is -5.98. The summed E-state index contributed by atoms with van der Waals surface area (Å²) in [5.74, 6) is -0.969. The Kier molecular flexibility index (Phi) is 14.5. The molecule has 60 heavy (non-hydrogen) atoms. The molecule has 2 N–H and O–H groups in total. The molecule has 0 saturated carbocycles. The van der Waals surface area contributed by atoms with Crippen LogP contribution in [-0.4, -0.2) is 19.8 Å². The maximum absolute atomic E-state index is 13.5. The molecule has 7 nitrogen and oxygen atoms in total. The van der Waals surface area contributed by atoms with E-state index in [1.54, 1.807) is 12.1 Å². The summed E-state index contributed by atoms with van der Waals surface area (Å²) in [4.78, 5) is 18.7. The van der Waals surface area contributed by atoms with Crippen LogP contribution in [0.1, 0.15) is 112 Å². The molecular weight excluding hydrogens is 784 g/mol. The van der Waals surface area contributed by atoms with Gasteiger partial charge in [-0.25, -0.2) is 9.71 Å². The van der Waals surface area contributed by atoms with E-state index in [0.717, 1.165) is 94.1 Å². The number of hydrogen-bond donors (Lipinski definition) is 2. The van der Waals surface area contributed by atoms with E-state index in [0.29, 0.717) is 33.2 Å². The van der Waals surface area contributed by atoms with E-state index >= 15 is 0 Å². The average molecular weight is 838 g/mol. The number of unbranched alkanes of at least 4 members (excludes halogenated alkanes) is 4. The smallest absolute Gasteiger partial charge is 0.456 e. The molecule has 6 rings (SSSR count). The first-order chi connectivity index (χ1) is 28.9. The predicted molar refractivity (Wildman–Crippen MR) is 237 cm³/mol. The molecule has 2 aliphatic rings. The Labute approximate surface area is 351 Å². The molecule has 1 heterocycles. The van der Waals surface area contributed by atoms with Gasteiger partial charge in [-0.3, -0.25) is 4.79 Å². The van der Waals surface area contributed by atoms with E-state index in [9.17, 15) is 26.4 Å². The van der Waals surface area contributed by atoms with Gasteiger partial charge >= 0.3 is 15.5 Å². The Hall–Kier alpha value is -5.42. The molecule has 0 spiro atoms. The molecule has 0 radical (unpaired) electrons. The van der Waals surface area contributed by atoms with Crippen molar-refractivity contribution in [2.45, 2.75) is 110 Å². The number of amides is 1. The number of para-hydroxylation sites is 2. The Balaban J connectivity index is 1.58. The molecule has 316 valence electrons. The maximum atomic E-state index is 13.5.